The third-order valence-corrected chi connectivity index (χ3v) is 2.66. The zero-order chi connectivity index (χ0) is 9.97. The average molecular weight is 211 g/mol. The number of nitrogens with one attached hydrogen (secondary N) is 1. The van der Waals surface area contributed by atoms with Crippen LogP contribution in [0.2, 0.25) is 0 Å². The van der Waals surface area contributed by atoms with Crippen LogP contribution in [0.5, 0.6) is 0 Å². The Balaban J connectivity index is 2.01. The normalized spacial score (nSPS) is 16.6. The maximum atomic E-state index is 12.6. The van der Waals surface area contributed by atoms with Gasteiger partial charge in [0.05, 0.1) is 0 Å². The summed E-state index contributed by atoms with van der Waals surface area (Å²) >= 11 is 1.43. The Morgan fingerprint density at radius 3 is 2.64 bits per heavy atom. The first kappa shape index (κ1) is 9.51. The molecule has 0 unspecified atom stereocenters. The molecule has 0 fully saturated rings. The second-order valence-electron chi connectivity index (χ2n) is 2.96. The van der Waals surface area contributed by atoms with E-state index in [1.54, 1.807) is 12.1 Å². The lowest BCUT2D eigenvalue weighted by atomic mass is 10.1. The van der Waals surface area contributed by atoms with E-state index in [0.29, 0.717) is 0 Å². The van der Waals surface area contributed by atoms with Gasteiger partial charge in [0.1, 0.15) is 5.82 Å². The van der Waals surface area contributed by atoms with Gasteiger partial charge in [0.2, 0.25) is 0 Å². The Kier molecular flexibility index (Phi) is 2.72. The lowest BCUT2D eigenvalue weighted by Crippen LogP contribution is -2.30. The number of halogens is 1. The molecule has 0 saturated carbocycles. The third-order valence-electron chi connectivity index (χ3n) is 1.86. The topological polar surface area (TPSA) is 41.3 Å². The molecule has 1 aliphatic heterocycles. The van der Waals surface area contributed by atoms with Gasteiger partial charge in [-0.15, -0.1) is 0 Å². The first-order valence-electron chi connectivity index (χ1n) is 4.16. The molecule has 0 aromatic heterocycles. The van der Waals surface area contributed by atoms with Gasteiger partial charge in [-0.05, 0) is 29.6 Å². The molecule has 1 heterocycles. The van der Waals surface area contributed by atoms with E-state index < -0.39 is 0 Å². The Morgan fingerprint density at radius 1 is 1.36 bits per heavy atom. The molecular formula is C9H10FN3S. The molecule has 0 amide bonds. The van der Waals surface area contributed by atoms with Gasteiger partial charge < -0.3 is 5.43 Å². The average Bonchev–Trinajstić information content (AvgIpc) is 2.56. The Bertz CT molecular complexity index is 350. The van der Waals surface area contributed by atoms with E-state index >= 15 is 0 Å². The second-order valence-corrected chi connectivity index (χ2v) is 4.06. The van der Waals surface area contributed by atoms with Crippen molar-refractivity contribution in [2.75, 3.05) is 0 Å². The minimum absolute atomic E-state index is 0.208. The lowest BCUT2D eigenvalue weighted by molar-refractivity contribution is 0.440. The van der Waals surface area contributed by atoms with Crippen LogP contribution in [0.25, 0.3) is 0 Å². The summed E-state index contributed by atoms with van der Waals surface area (Å²) in [6.07, 6.45) is 2.61. The maximum absolute atomic E-state index is 12.6. The molecule has 0 spiro atoms. The first-order valence-corrected chi connectivity index (χ1v) is 4.94. The van der Waals surface area contributed by atoms with Crippen molar-refractivity contribution in [2.45, 2.75) is 6.42 Å². The lowest BCUT2D eigenvalue weighted by Gasteiger charge is -2.05. The van der Waals surface area contributed by atoms with Crippen LogP contribution in [0.3, 0.4) is 0 Å². The minimum atomic E-state index is -0.208. The molecule has 1 aromatic rings. The standard InChI is InChI=1S/C9H10FN3S/c10-8-3-1-7(2-4-8)5-9-6-12-13(11)14-9/h1-4,6,12H,5,11H2. The van der Waals surface area contributed by atoms with Gasteiger partial charge in [-0.3, -0.25) is 0 Å². The van der Waals surface area contributed by atoms with Gasteiger partial charge in [-0.1, -0.05) is 16.7 Å². The van der Waals surface area contributed by atoms with Crippen molar-refractivity contribution in [1.82, 2.24) is 9.95 Å². The van der Waals surface area contributed by atoms with Gasteiger partial charge >= 0.3 is 0 Å². The summed E-state index contributed by atoms with van der Waals surface area (Å²) < 4.78 is 14.0. The van der Waals surface area contributed by atoms with Crippen LogP contribution in [0.15, 0.2) is 35.4 Å². The van der Waals surface area contributed by atoms with E-state index in [-0.39, 0.29) is 5.82 Å². The summed E-state index contributed by atoms with van der Waals surface area (Å²) in [5.74, 6) is 5.27. The molecule has 3 nitrogen and oxygen atoms in total. The smallest absolute Gasteiger partial charge is 0.123 e. The Morgan fingerprint density at radius 2 is 2.07 bits per heavy atom. The van der Waals surface area contributed by atoms with E-state index in [9.17, 15) is 4.39 Å². The monoisotopic (exact) mass is 211 g/mol. The molecule has 2 rings (SSSR count). The minimum Gasteiger partial charge on any atom is -0.302 e. The van der Waals surface area contributed by atoms with Gasteiger partial charge in [0.25, 0.3) is 0 Å². The summed E-state index contributed by atoms with van der Waals surface area (Å²) in [6.45, 7) is 0. The molecule has 0 bridgehead atoms. The fourth-order valence-electron chi connectivity index (χ4n) is 1.20. The van der Waals surface area contributed by atoms with Crippen molar-refractivity contribution < 1.29 is 4.39 Å². The molecule has 0 radical (unpaired) electrons. The van der Waals surface area contributed by atoms with Crippen molar-refractivity contribution >= 4 is 11.9 Å². The summed E-state index contributed by atoms with van der Waals surface area (Å²) in [6, 6.07) is 6.47. The molecule has 1 aromatic carbocycles. The highest BCUT2D eigenvalue weighted by Gasteiger charge is 2.11. The van der Waals surface area contributed by atoms with Gasteiger partial charge in [-0.2, -0.15) is 0 Å². The van der Waals surface area contributed by atoms with E-state index in [0.717, 1.165) is 16.9 Å². The highest BCUT2D eigenvalue weighted by atomic mass is 32.2. The number of hydrogen-bond acceptors (Lipinski definition) is 4. The molecule has 3 N–H and O–H groups in total. The quantitative estimate of drug-likeness (QED) is 0.575. The highest BCUT2D eigenvalue weighted by Crippen LogP contribution is 2.24. The van der Waals surface area contributed by atoms with Crippen molar-refractivity contribution in [2.24, 2.45) is 5.84 Å². The summed E-state index contributed by atoms with van der Waals surface area (Å²) in [5.41, 5.74) is 3.91. The predicted octanol–water partition coefficient (Wildman–Crippen LogP) is 1.55. The van der Waals surface area contributed by atoms with Gasteiger partial charge in [-0.25, -0.2) is 10.2 Å². The molecule has 1 aliphatic rings. The molecular weight excluding hydrogens is 201 g/mol. The van der Waals surface area contributed by atoms with Crippen molar-refractivity contribution in [3.8, 4) is 0 Å². The summed E-state index contributed by atoms with van der Waals surface area (Å²) in [7, 11) is 0. The maximum Gasteiger partial charge on any atom is 0.123 e. The second kappa shape index (κ2) is 4.00. The summed E-state index contributed by atoms with van der Waals surface area (Å²) in [4.78, 5) is 1.11. The highest BCUT2D eigenvalue weighted by molar-refractivity contribution is 8.00. The largest absolute Gasteiger partial charge is 0.302 e. The number of nitrogens with zero attached hydrogens (tertiary/aromatic N) is 1. The van der Waals surface area contributed by atoms with E-state index in [4.69, 9.17) is 5.84 Å². The third kappa shape index (κ3) is 2.25. The first-order chi connectivity index (χ1) is 6.74. The fourth-order valence-corrected chi connectivity index (χ4v) is 1.90. The number of allylic oxidation sites excluding steroid dienone is 1. The number of benzene rings is 1. The van der Waals surface area contributed by atoms with E-state index in [2.05, 4.69) is 5.43 Å². The molecule has 0 atom stereocenters. The Labute approximate surface area is 85.8 Å². The van der Waals surface area contributed by atoms with Crippen molar-refractivity contribution in [3.05, 3.63) is 46.8 Å². The van der Waals surface area contributed by atoms with Crippen LogP contribution >= 0.6 is 11.9 Å². The van der Waals surface area contributed by atoms with Crippen molar-refractivity contribution in [3.63, 3.8) is 0 Å². The fraction of sp³-hybridized carbons (Fsp3) is 0.111. The van der Waals surface area contributed by atoms with E-state index in [1.165, 1.54) is 28.6 Å². The van der Waals surface area contributed by atoms with Gasteiger partial charge in [0, 0.05) is 17.5 Å². The molecule has 74 valence electrons. The molecule has 0 aliphatic carbocycles. The molecule has 0 saturated heterocycles. The van der Waals surface area contributed by atoms with E-state index in [1.807, 2.05) is 6.20 Å². The Hall–Kier alpha value is -1.04. The predicted molar refractivity (Wildman–Crippen MR) is 54.9 cm³/mol. The number of hydrogen-bond donors (Lipinski definition) is 2. The SMILES string of the molecule is NN1NC=C(Cc2ccc(F)cc2)S1. The van der Waals surface area contributed by atoms with Crippen LogP contribution in [0, 0.1) is 5.82 Å². The number of rotatable bonds is 2. The summed E-state index contributed by atoms with van der Waals surface area (Å²) in [5, 5.41) is 0. The van der Waals surface area contributed by atoms with Crippen LogP contribution in [-0.2, 0) is 6.42 Å². The van der Waals surface area contributed by atoms with Gasteiger partial charge in [0.15, 0.2) is 0 Å². The van der Waals surface area contributed by atoms with Crippen LogP contribution in [0.4, 0.5) is 4.39 Å². The zero-order valence-corrected chi connectivity index (χ0v) is 8.22. The van der Waals surface area contributed by atoms with Crippen molar-refractivity contribution in [1.29, 1.82) is 0 Å². The number of hydrazine groups is 2. The molecule has 5 heteroatoms. The zero-order valence-electron chi connectivity index (χ0n) is 7.40. The van der Waals surface area contributed by atoms with Crippen LogP contribution in [-0.4, -0.2) is 4.52 Å². The van der Waals surface area contributed by atoms with Crippen LogP contribution in [0.1, 0.15) is 5.56 Å². The van der Waals surface area contributed by atoms with Crippen LogP contribution < -0.4 is 11.3 Å². The number of nitrogens with two attached hydrogens (primary N) is 1. The molecule has 14 heavy (non-hydrogen) atoms.